The Hall–Kier alpha value is -0.110. The number of carboxylic acid groups (broad SMARTS) is 1. The van der Waals surface area contributed by atoms with E-state index < -0.39 is 12.0 Å². The highest BCUT2D eigenvalue weighted by Gasteiger charge is 2.32. The first-order chi connectivity index (χ1) is 7.58. The lowest BCUT2D eigenvalue weighted by atomic mass is 10.3. The first-order valence-corrected chi connectivity index (χ1v) is 7.13. The number of nitrogens with one attached hydrogen (secondary N) is 1. The maximum Gasteiger partial charge on any atom is 0.321 e. The van der Waals surface area contributed by atoms with Gasteiger partial charge in [0, 0.05) is 20.9 Å². The molecule has 2 rings (SSSR count). The van der Waals surface area contributed by atoms with Gasteiger partial charge in [0.05, 0.1) is 11.1 Å². The number of carboxylic acids is 1. The largest absolute Gasteiger partial charge is 0.480 e. The average molecular weight is 368 g/mol. The van der Waals surface area contributed by atoms with Gasteiger partial charge >= 0.3 is 5.97 Å². The van der Waals surface area contributed by atoms with Gasteiger partial charge in [-0.15, -0.1) is 11.8 Å². The topological polar surface area (TPSA) is 62.2 Å². The Labute approximate surface area is 113 Å². The summed E-state index contributed by atoms with van der Waals surface area (Å²) in [7, 11) is 0. The molecular weight excluding hydrogens is 360 g/mol. The fourth-order valence-electron chi connectivity index (χ4n) is 1.39. The molecule has 2 atom stereocenters. The molecule has 0 saturated carbocycles. The Balaban J connectivity index is 2.17. The van der Waals surface area contributed by atoms with Crippen molar-refractivity contribution >= 4 is 49.6 Å². The predicted molar refractivity (Wildman–Crippen MR) is 69.4 cm³/mol. The minimum atomic E-state index is -0.816. The highest BCUT2D eigenvalue weighted by Crippen LogP contribution is 2.36. The van der Waals surface area contributed by atoms with Crippen molar-refractivity contribution in [2.24, 2.45) is 0 Å². The van der Waals surface area contributed by atoms with Crippen molar-refractivity contribution in [1.29, 1.82) is 0 Å². The monoisotopic (exact) mass is 366 g/mol. The number of hydrogen-bond donors (Lipinski definition) is 2. The average Bonchev–Trinajstić information content (AvgIpc) is 2.66. The summed E-state index contributed by atoms with van der Waals surface area (Å²) in [5, 5.41) is 11.8. The molecular formula is C9H8Br2N2O2S. The van der Waals surface area contributed by atoms with Crippen molar-refractivity contribution in [3.05, 3.63) is 26.9 Å². The maximum atomic E-state index is 10.8. The molecule has 1 aliphatic heterocycles. The van der Waals surface area contributed by atoms with E-state index in [1.165, 1.54) is 0 Å². The quantitative estimate of drug-likeness (QED) is 0.840. The van der Waals surface area contributed by atoms with Gasteiger partial charge in [-0.05, 0) is 37.9 Å². The third-order valence-electron chi connectivity index (χ3n) is 2.16. The van der Waals surface area contributed by atoms with Gasteiger partial charge in [0.2, 0.25) is 0 Å². The first-order valence-electron chi connectivity index (χ1n) is 4.49. The number of pyridine rings is 1. The van der Waals surface area contributed by atoms with Crippen LogP contribution in [0, 0.1) is 0 Å². The molecule has 1 aromatic heterocycles. The maximum absolute atomic E-state index is 10.8. The molecule has 1 fully saturated rings. The summed E-state index contributed by atoms with van der Waals surface area (Å²) >= 11 is 8.30. The normalized spacial score (nSPS) is 24.6. The van der Waals surface area contributed by atoms with E-state index in [1.54, 1.807) is 18.0 Å². The molecule has 1 aliphatic rings. The molecule has 2 unspecified atom stereocenters. The zero-order valence-corrected chi connectivity index (χ0v) is 12.0. The number of carbonyl (C=O) groups is 1. The second kappa shape index (κ2) is 5.03. The molecule has 0 aliphatic carbocycles. The fraction of sp³-hybridized carbons (Fsp3) is 0.333. The van der Waals surface area contributed by atoms with E-state index in [4.69, 9.17) is 5.11 Å². The van der Waals surface area contributed by atoms with E-state index >= 15 is 0 Å². The molecule has 0 spiro atoms. The van der Waals surface area contributed by atoms with Crippen molar-refractivity contribution in [2.75, 3.05) is 5.75 Å². The molecule has 16 heavy (non-hydrogen) atoms. The molecule has 1 aromatic rings. The van der Waals surface area contributed by atoms with Crippen LogP contribution in [0.15, 0.2) is 21.2 Å². The van der Waals surface area contributed by atoms with Crippen LogP contribution in [-0.2, 0) is 4.79 Å². The molecule has 0 amide bonds. The molecule has 2 heterocycles. The van der Waals surface area contributed by atoms with Gasteiger partial charge in [-0.3, -0.25) is 15.1 Å². The minimum Gasteiger partial charge on any atom is -0.480 e. The molecule has 0 radical (unpaired) electrons. The zero-order chi connectivity index (χ0) is 11.7. The summed E-state index contributed by atoms with van der Waals surface area (Å²) in [6, 6.07) is 1.41. The van der Waals surface area contributed by atoms with Crippen LogP contribution in [0.3, 0.4) is 0 Å². The van der Waals surface area contributed by atoms with Gasteiger partial charge in [0.15, 0.2) is 0 Å². The van der Waals surface area contributed by atoms with Gasteiger partial charge in [0.25, 0.3) is 0 Å². The molecule has 86 valence electrons. The lowest BCUT2D eigenvalue weighted by molar-refractivity contribution is -0.138. The number of aromatic nitrogens is 1. The Bertz CT molecular complexity index is 430. The van der Waals surface area contributed by atoms with Crippen LogP contribution in [-0.4, -0.2) is 27.9 Å². The Kier molecular flexibility index (Phi) is 3.89. The molecule has 0 bridgehead atoms. The van der Waals surface area contributed by atoms with E-state index in [-0.39, 0.29) is 5.37 Å². The number of rotatable bonds is 2. The highest BCUT2D eigenvalue weighted by atomic mass is 79.9. The predicted octanol–water partition coefficient (Wildman–Crippen LogP) is 2.39. The molecule has 2 N–H and O–H groups in total. The summed E-state index contributed by atoms with van der Waals surface area (Å²) in [6.07, 6.45) is 1.70. The van der Waals surface area contributed by atoms with Crippen molar-refractivity contribution < 1.29 is 9.90 Å². The van der Waals surface area contributed by atoms with E-state index in [2.05, 4.69) is 42.2 Å². The van der Waals surface area contributed by atoms with Crippen LogP contribution in [0.2, 0.25) is 0 Å². The van der Waals surface area contributed by atoms with E-state index in [0.717, 1.165) is 14.6 Å². The molecule has 0 aromatic carbocycles. The van der Waals surface area contributed by atoms with E-state index in [1.807, 2.05) is 6.07 Å². The van der Waals surface area contributed by atoms with Crippen molar-refractivity contribution in [3.8, 4) is 0 Å². The van der Waals surface area contributed by atoms with Gasteiger partial charge in [0.1, 0.15) is 6.04 Å². The summed E-state index contributed by atoms with van der Waals surface area (Å²) in [6.45, 7) is 0. The van der Waals surface area contributed by atoms with Crippen molar-refractivity contribution in [2.45, 2.75) is 11.4 Å². The van der Waals surface area contributed by atoms with Crippen molar-refractivity contribution in [3.63, 3.8) is 0 Å². The van der Waals surface area contributed by atoms with Gasteiger partial charge in [-0.1, -0.05) is 0 Å². The minimum absolute atomic E-state index is 0.0661. The Morgan fingerprint density at radius 3 is 2.94 bits per heavy atom. The molecule has 7 heteroatoms. The van der Waals surface area contributed by atoms with E-state index in [9.17, 15) is 4.79 Å². The second-order valence-electron chi connectivity index (χ2n) is 3.29. The Morgan fingerprint density at radius 1 is 1.62 bits per heavy atom. The van der Waals surface area contributed by atoms with Crippen LogP contribution < -0.4 is 5.32 Å². The number of hydrogen-bond acceptors (Lipinski definition) is 4. The van der Waals surface area contributed by atoms with Crippen LogP contribution in [0.1, 0.15) is 11.1 Å². The SMILES string of the molecule is O=C(O)C1CSC(c2ncc(Br)cc2Br)N1. The standard InChI is InChI=1S/C9H8Br2N2O2S/c10-4-1-5(11)7(12-2-4)8-13-6(3-16-8)9(14)15/h1-2,6,8,13H,3H2,(H,14,15). The summed E-state index contributed by atoms with van der Waals surface area (Å²) < 4.78 is 1.76. The fourth-order valence-corrected chi connectivity index (χ4v) is 3.99. The Morgan fingerprint density at radius 2 is 2.38 bits per heavy atom. The number of thioether (sulfide) groups is 1. The van der Waals surface area contributed by atoms with Gasteiger partial charge in [-0.25, -0.2) is 0 Å². The molecule has 4 nitrogen and oxygen atoms in total. The summed E-state index contributed by atoms with van der Waals surface area (Å²) in [5.74, 6) is -0.257. The zero-order valence-electron chi connectivity index (χ0n) is 7.98. The van der Waals surface area contributed by atoms with Crippen molar-refractivity contribution in [1.82, 2.24) is 10.3 Å². The van der Waals surface area contributed by atoms with Gasteiger partial charge in [-0.2, -0.15) is 0 Å². The molecule has 1 saturated heterocycles. The number of nitrogens with zero attached hydrogens (tertiary/aromatic N) is 1. The third kappa shape index (κ3) is 2.58. The van der Waals surface area contributed by atoms with Crippen LogP contribution in [0.4, 0.5) is 0 Å². The lowest BCUT2D eigenvalue weighted by Crippen LogP contribution is -2.33. The first kappa shape index (κ1) is 12.3. The summed E-state index contributed by atoms with van der Waals surface area (Å²) in [4.78, 5) is 15.1. The third-order valence-corrected chi connectivity index (χ3v) is 4.45. The number of halogens is 2. The van der Waals surface area contributed by atoms with Gasteiger partial charge < -0.3 is 5.11 Å². The van der Waals surface area contributed by atoms with Crippen LogP contribution in [0.5, 0.6) is 0 Å². The lowest BCUT2D eigenvalue weighted by Gasteiger charge is -2.12. The van der Waals surface area contributed by atoms with Crippen LogP contribution in [0.25, 0.3) is 0 Å². The second-order valence-corrected chi connectivity index (χ2v) is 6.20. The summed E-state index contributed by atoms with van der Waals surface area (Å²) in [5.41, 5.74) is 0.831. The van der Waals surface area contributed by atoms with E-state index in [0.29, 0.717) is 5.75 Å². The number of aliphatic carboxylic acids is 1. The smallest absolute Gasteiger partial charge is 0.321 e. The van der Waals surface area contributed by atoms with Crippen LogP contribution >= 0.6 is 43.6 Å². The highest BCUT2D eigenvalue weighted by molar-refractivity contribution is 9.11.